The molecule has 0 fully saturated rings. The van der Waals surface area contributed by atoms with Crippen LogP contribution in [0.2, 0.25) is 0 Å². The zero-order chi connectivity index (χ0) is 14.8. The Balaban J connectivity index is 3.21. The quantitative estimate of drug-likeness (QED) is 0.837. The number of aromatic nitrogens is 2. The standard InChI is InChI=1S/C12H24N4O2S/c1-9(2)8-15(5)19(17,18)12-10(3)14-16(7-6-13)11(12)4/h9H,6-8,13H2,1-5H3. The van der Waals surface area contributed by atoms with Gasteiger partial charge in [-0.25, -0.2) is 12.7 Å². The number of hydrogen-bond donors (Lipinski definition) is 1. The molecule has 1 rings (SSSR count). The molecule has 1 aromatic heterocycles. The Hall–Kier alpha value is -0.920. The molecule has 0 radical (unpaired) electrons. The van der Waals surface area contributed by atoms with E-state index >= 15 is 0 Å². The summed E-state index contributed by atoms with van der Waals surface area (Å²) in [7, 11) is -1.88. The number of aryl methyl sites for hydroxylation is 1. The van der Waals surface area contributed by atoms with Crippen LogP contribution in [-0.4, -0.2) is 42.6 Å². The number of sulfonamides is 1. The minimum Gasteiger partial charge on any atom is -0.329 e. The number of nitrogens with two attached hydrogens (primary N) is 1. The predicted octanol–water partition coefficient (Wildman–Crippen LogP) is 0.735. The van der Waals surface area contributed by atoms with Crippen molar-refractivity contribution in [2.24, 2.45) is 11.7 Å². The molecule has 0 bridgehead atoms. The summed E-state index contributed by atoms with van der Waals surface area (Å²) in [6.07, 6.45) is 0. The molecule has 6 nitrogen and oxygen atoms in total. The fraction of sp³-hybridized carbons (Fsp3) is 0.750. The van der Waals surface area contributed by atoms with Crippen LogP contribution >= 0.6 is 0 Å². The Kier molecular flexibility index (Phi) is 5.11. The summed E-state index contributed by atoms with van der Waals surface area (Å²) in [5.74, 6) is 0.277. The molecule has 0 saturated carbocycles. The molecule has 0 atom stereocenters. The maximum atomic E-state index is 12.6. The Labute approximate surface area is 115 Å². The molecule has 0 aliphatic heterocycles. The lowest BCUT2D eigenvalue weighted by atomic mass is 10.2. The highest BCUT2D eigenvalue weighted by atomic mass is 32.2. The summed E-state index contributed by atoms with van der Waals surface area (Å²) in [6, 6.07) is 0. The molecule has 19 heavy (non-hydrogen) atoms. The van der Waals surface area contributed by atoms with Crippen molar-refractivity contribution in [1.29, 1.82) is 0 Å². The lowest BCUT2D eigenvalue weighted by Crippen LogP contribution is -2.31. The molecule has 0 saturated heterocycles. The van der Waals surface area contributed by atoms with Crippen molar-refractivity contribution in [3.8, 4) is 0 Å². The van der Waals surface area contributed by atoms with Gasteiger partial charge in [0.25, 0.3) is 0 Å². The average molecular weight is 288 g/mol. The summed E-state index contributed by atoms with van der Waals surface area (Å²) < 4.78 is 28.2. The summed E-state index contributed by atoms with van der Waals surface area (Å²) in [6.45, 7) is 8.91. The van der Waals surface area contributed by atoms with E-state index in [2.05, 4.69) is 5.10 Å². The highest BCUT2D eigenvalue weighted by Gasteiger charge is 2.28. The van der Waals surface area contributed by atoms with E-state index in [0.29, 0.717) is 35.9 Å². The van der Waals surface area contributed by atoms with Crippen LogP contribution < -0.4 is 5.73 Å². The van der Waals surface area contributed by atoms with E-state index in [0.717, 1.165) is 0 Å². The van der Waals surface area contributed by atoms with Crippen molar-refractivity contribution in [3.63, 3.8) is 0 Å². The Bertz CT molecular complexity index is 534. The number of nitrogens with zero attached hydrogens (tertiary/aromatic N) is 3. The molecule has 2 N–H and O–H groups in total. The first-order chi connectivity index (χ1) is 8.71. The third kappa shape index (κ3) is 3.34. The third-order valence-electron chi connectivity index (χ3n) is 2.95. The minimum atomic E-state index is -3.48. The number of rotatable bonds is 6. The molecule has 1 aromatic rings. The van der Waals surface area contributed by atoms with Gasteiger partial charge < -0.3 is 5.73 Å². The van der Waals surface area contributed by atoms with Crippen LogP contribution in [0.3, 0.4) is 0 Å². The normalized spacial score (nSPS) is 12.6. The molecule has 7 heteroatoms. The van der Waals surface area contributed by atoms with Crippen LogP contribution in [-0.2, 0) is 16.6 Å². The van der Waals surface area contributed by atoms with Crippen molar-refractivity contribution >= 4 is 10.0 Å². The molecule has 0 aliphatic carbocycles. The Morgan fingerprint density at radius 2 is 1.95 bits per heavy atom. The van der Waals surface area contributed by atoms with Crippen LogP contribution in [0.25, 0.3) is 0 Å². The van der Waals surface area contributed by atoms with Gasteiger partial charge in [-0.15, -0.1) is 0 Å². The summed E-state index contributed by atoms with van der Waals surface area (Å²) >= 11 is 0. The molecule has 0 unspecified atom stereocenters. The van der Waals surface area contributed by atoms with Crippen LogP contribution in [0.4, 0.5) is 0 Å². The van der Waals surface area contributed by atoms with Crippen molar-refractivity contribution in [1.82, 2.24) is 14.1 Å². The fourth-order valence-electron chi connectivity index (χ4n) is 2.16. The van der Waals surface area contributed by atoms with Crippen molar-refractivity contribution in [3.05, 3.63) is 11.4 Å². The largest absolute Gasteiger partial charge is 0.329 e. The van der Waals surface area contributed by atoms with Gasteiger partial charge in [0.2, 0.25) is 10.0 Å². The van der Waals surface area contributed by atoms with E-state index < -0.39 is 10.0 Å². The predicted molar refractivity (Wildman–Crippen MR) is 75.4 cm³/mol. The molecular weight excluding hydrogens is 264 g/mol. The smallest absolute Gasteiger partial charge is 0.246 e. The van der Waals surface area contributed by atoms with Gasteiger partial charge in [-0.05, 0) is 19.8 Å². The van der Waals surface area contributed by atoms with E-state index in [1.54, 1.807) is 25.6 Å². The van der Waals surface area contributed by atoms with Gasteiger partial charge in [0, 0.05) is 20.1 Å². The second kappa shape index (κ2) is 6.02. The third-order valence-corrected chi connectivity index (χ3v) is 5.02. The monoisotopic (exact) mass is 288 g/mol. The summed E-state index contributed by atoms with van der Waals surface area (Å²) in [5, 5.41) is 4.26. The molecule has 0 amide bonds. The van der Waals surface area contributed by atoms with E-state index in [4.69, 9.17) is 5.73 Å². The number of hydrogen-bond acceptors (Lipinski definition) is 4. The maximum Gasteiger partial charge on any atom is 0.246 e. The summed E-state index contributed by atoms with van der Waals surface area (Å²) in [5.41, 5.74) is 6.68. The van der Waals surface area contributed by atoms with Crippen LogP contribution in [0.5, 0.6) is 0 Å². The van der Waals surface area contributed by atoms with Crippen LogP contribution in [0.15, 0.2) is 4.90 Å². The molecule has 0 aromatic carbocycles. The lowest BCUT2D eigenvalue weighted by molar-refractivity contribution is 0.416. The van der Waals surface area contributed by atoms with Gasteiger partial charge >= 0.3 is 0 Å². The van der Waals surface area contributed by atoms with Gasteiger partial charge in [-0.1, -0.05) is 13.8 Å². The van der Waals surface area contributed by atoms with Crippen molar-refractivity contribution in [2.45, 2.75) is 39.1 Å². The van der Waals surface area contributed by atoms with Crippen LogP contribution in [0, 0.1) is 19.8 Å². The first kappa shape index (κ1) is 16.1. The second-order valence-electron chi connectivity index (χ2n) is 5.19. The fourth-order valence-corrected chi connectivity index (χ4v) is 3.86. The molecule has 0 spiro atoms. The molecule has 0 aliphatic rings. The lowest BCUT2D eigenvalue weighted by Gasteiger charge is -2.19. The highest BCUT2D eigenvalue weighted by molar-refractivity contribution is 7.89. The first-order valence-corrected chi connectivity index (χ1v) is 7.86. The van der Waals surface area contributed by atoms with E-state index in [1.807, 2.05) is 13.8 Å². The molecule has 110 valence electrons. The minimum absolute atomic E-state index is 0.277. The SMILES string of the molecule is Cc1nn(CCN)c(C)c1S(=O)(=O)N(C)CC(C)C. The van der Waals surface area contributed by atoms with Gasteiger partial charge in [0.05, 0.1) is 17.9 Å². The van der Waals surface area contributed by atoms with Crippen molar-refractivity contribution in [2.75, 3.05) is 20.1 Å². The van der Waals surface area contributed by atoms with Gasteiger partial charge in [0.1, 0.15) is 4.90 Å². The first-order valence-electron chi connectivity index (χ1n) is 6.42. The topological polar surface area (TPSA) is 81.2 Å². The van der Waals surface area contributed by atoms with Gasteiger partial charge in [-0.3, -0.25) is 4.68 Å². The van der Waals surface area contributed by atoms with Crippen molar-refractivity contribution < 1.29 is 8.42 Å². The van der Waals surface area contributed by atoms with Gasteiger partial charge in [-0.2, -0.15) is 5.10 Å². The molecular formula is C12H24N4O2S. The Morgan fingerprint density at radius 3 is 2.42 bits per heavy atom. The van der Waals surface area contributed by atoms with E-state index in [1.165, 1.54) is 4.31 Å². The van der Waals surface area contributed by atoms with Crippen LogP contribution in [0.1, 0.15) is 25.2 Å². The second-order valence-corrected chi connectivity index (χ2v) is 7.17. The highest BCUT2D eigenvalue weighted by Crippen LogP contribution is 2.23. The van der Waals surface area contributed by atoms with Gasteiger partial charge in [0.15, 0.2) is 0 Å². The van der Waals surface area contributed by atoms with E-state index in [9.17, 15) is 8.42 Å². The molecule has 1 heterocycles. The average Bonchev–Trinajstić information content (AvgIpc) is 2.54. The zero-order valence-corrected chi connectivity index (χ0v) is 13.2. The van der Waals surface area contributed by atoms with E-state index in [-0.39, 0.29) is 5.92 Å². The zero-order valence-electron chi connectivity index (χ0n) is 12.3. The maximum absolute atomic E-state index is 12.6. The summed E-state index contributed by atoms with van der Waals surface area (Å²) in [4.78, 5) is 0.309. The Morgan fingerprint density at radius 1 is 1.37 bits per heavy atom.